The topological polar surface area (TPSA) is 32.3 Å². The molecular weight excluding hydrogens is 212 g/mol. The molecule has 0 bridgehead atoms. The number of rotatable bonds is 0. The molecule has 0 aliphatic carbocycles. The molecule has 0 radical (unpaired) electrons. The summed E-state index contributed by atoms with van der Waals surface area (Å²) in [6, 6.07) is 5.87. The van der Waals surface area contributed by atoms with Crippen molar-refractivity contribution in [1.29, 1.82) is 0 Å². The molecule has 0 spiro atoms. The van der Waals surface area contributed by atoms with Crippen molar-refractivity contribution in [2.45, 2.75) is 6.04 Å². The Hall–Kier alpha value is -1.06. The fraction of sp³-hybridized carbons (Fsp3) is 0.364. The summed E-state index contributed by atoms with van der Waals surface area (Å²) in [5.74, 6) is 0.0853. The molecule has 1 saturated heterocycles. The fourth-order valence-corrected chi connectivity index (χ4v) is 2.68. The van der Waals surface area contributed by atoms with Crippen molar-refractivity contribution in [2.75, 3.05) is 19.6 Å². The second kappa shape index (κ2) is 3.22. The van der Waals surface area contributed by atoms with Crippen molar-refractivity contribution in [2.24, 2.45) is 0 Å². The summed E-state index contributed by atoms with van der Waals surface area (Å²) in [7, 11) is 0. The van der Waals surface area contributed by atoms with Crippen LogP contribution in [0.2, 0.25) is 5.02 Å². The van der Waals surface area contributed by atoms with E-state index in [1.54, 1.807) is 6.07 Å². The molecule has 2 aliphatic rings. The Labute approximate surface area is 93.0 Å². The van der Waals surface area contributed by atoms with Gasteiger partial charge in [0.25, 0.3) is 5.91 Å². The van der Waals surface area contributed by atoms with Crippen LogP contribution in [0.25, 0.3) is 0 Å². The van der Waals surface area contributed by atoms with Crippen LogP contribution in [0.3, 0.4) is 0 Å². The maximum Gasteiger partial charge on any atom is 0.256 e. The predicted octanol–water partition coefficient (Wildman–Crippen LogP) is 1.44. The largest absolute Gasteiger partial charge is 0.329 e. The number of nitrogens with zero attached hydrogens (tertiary/aromatic N) is 1. The van der Waals surface area contributed by atoms with Crippen molar-refractivity contribution >= 4 is 17.5 Å². The van der Waals surface area contributed by atoms with Crippen molar-refractivity contribution in [1.82, 2.24) is 10.2 Å². The van der Waals surface area contributed by atoms with Gasteiger partial charge < -0.3 is 10.2 Å². The van der Waals surface area contributed by atoms with Crippen molar-refractivity contribution < 1.29 is 4.79 Å². The molecule has 1 N–H and O–H groups in total. The van der Waals surface area contributed by atoms with Crippen LogP contribution in [0, 0.1) is 0 Å². The third kappa shape index (κ3) is 1.20. The molecule has 1 aromatic carbocycles. The first-order valence-corrected chi connectivity index (χ1v) is 5.47. The number of nitrogens with one attached hydrogen (secondary N) is 1. The van der Waals surface area contributed by atoms with Gasteiger partial charge in [0, 0.05) is 19.6 Å². The first-order chi connectivity index (χ1) is 7.29. The second-order valence-corrected chi connectivity index (χ2v) is 4.33. The van der Waals surface area contributed by atoms with E-state index in [1.165, 1.54) is 0 Å². The van der Waals surface area contributed by atoms with Crippen molar-refractivity contribution in [3.05, 3.63) is 34.3 Å². The molecule has 4 heteroatoms. The molecule has 15 heavy (non-hydrogen) atoms. The summed E-state index contributed by atoms with van der Waals surface area (Å²) in [6.07, 6.45) is 0. The monoisotopic (exact) mass is 222 g/mol. The summed E-state index contributed by atoms with van der Waals surface area (Å²) >= 11 is 6.06. The molecule has 78 valence electrons. The number of hydrogen-bond acceptors (Lipinski definition) is 2. The molecule has 3 rings (SSSR count). The van der Waals surface area contributed by atoms with E-state index in [2.05, 4.69) is 5.32 Å². The molecule has 2 heterocycles. The minimum atomic E-state index is 0.0853. The van der Waals surface area contributed by atoms with E-state index in [1.807, 2.05) is 17.0 Å². The lowest BCUT2D eigenvalue weighted by atomic mass is 10.0. The van der Waals surface area contributed by atoms with Crippen LogP contribution in [0.15, 0.2) is 18.2 Å². The number of piperazine rings is 1. The Balaban J connectivity index is 2.15. The van der Waals surface area contributed by atoms with Gasteiger partial charge in [-0.3, -0.25) is 4.79 Å². The van der Waals surface area contributed by atoms with E-state index < -0.39 is 0 Å². The third-order valence-electron chi connectivity index (χ3n) is 3.12. The van der Waals surface area contributed by atoms with E-state index in [0.717, 1.165) is 25.2 Å². The molecule has 1 amide bonds. The molecule has 1 atom stereocenters. The number of carbonyl (C=O) groups is 1. The average molecular weight is 223 g/mol. The zero-order chi connectivity index (χ0) is 10.4. The van der Waals surface area contributed by atoms with Gasteiger partial charge in [0.15, 0.2) is 0 Å². The van der Waals surface area contributed by atoms with E-state index in [4.69, 9.17) is 11.6 Å². The van der Waals surface area contributed by atoms with Crippen LogP contribution in [0.4, 0.5) is 0 Å². The second-order valence-electron chi connectivity index (χ2n) is 3.92. The first-order valence-electron chi connectivity index (χ1n) is 5.09. The Morgan fingerprint density at radius 1 is 1.47 bits per heavy atom. The normalized spacial score (nSPS) is 23.9. The SMILES string of the molecule is O=C1c2c(Cl)cccc2[C@H]2CNCCN12. The maximum atomic E-state index is 12.1. The summed E-state index contributed by atoms with van der Waals surface area (Å²) in [5, 5.41) is 3.88. The Morgan fingerprint density at radius 2 is 2.33 bits per heavy atom. The lowest BCUT2D eigenvalue weighted by molar-refractivity contribution is 0.0691. The highest BCUT2D eigenvalue weighted by Gasteiger charge is 2.38. The van der Waals surface area contributed by atoms with Crippen LogP contribution >= 0.6 is 11.6 Å². The molecule has 0 saturated carbocycles. The summed E-state index contributed by atoms with van der Waals surface area (Å²) < 4.78 is 0. The standard InChI is InChI=1S/C11H11ClN2O/c12-8-3-1-2-7-9-6-13-4-5-14(9)11(15)10(7)8/h1-3,9,13H,4-6H2/t9-/m1/s1. The molecule has 2 aliphatic heterocycles. The number of carbonyl (C=O) groups excluding carboxylic acids is 1. The lowest BCUT2D eigenvalue weighted by Gasteiger charge is -2.30. The van der Waals surface area contributed by atoms with Crippen molar-refractivity contribution in [3.8, 4) is 0 Å². The van der Waals surface area contributed by atoms with Gasteiger partial charge in [-0.25, -0.2) is 0 Å². The Bertz CT molecular complexity index is 433. The van der Waals surface area contributed by atoms with Gasteiger partial charge in [-0.2, -0.15) is 0 Å². The summed E-state index contributed by atoms with van der Waals surface area (Å²) in [5.41, 5.74) is 1.77. The maximum absolute atomic E-state index is 12.1. The highest BCUT2D eigenvalue weighted by molar-refractivity contribution is 6.34. The molecular formula is C11H11ClN2O. The highest BCUT2D eigenvalue weighted by Crippen LogP contribution is 2.37. The quantitative estimate of drug-likeness (QED) is 0.721. The van der Waals surface area contributed by atoms with E-state index >= 15 is 0 Å². The molecule has 3 nitrogen and oxygen atoms in total. The Kier molecular flexibility index (Phi) is 1.97. The van der Waals surface area contributed by atoms with E-state index in [9.17, 15) is 4.79 Å². The fourth-order valence-electron chi connectivity index (χ4n) is 2.41. The Morgan fingerprint density at radius 3 is 3.20 bits per heavy atom. The molecule has 1 aromatic rings. The third-order valence-corrected chi connectivity index (χ3v) is 3.44. The van der Waals surface area contributed by atoms with Crippen LogP contribution in [-0.2, 0) is 0 Å². The summed E-state index contributed by atoms with van der Waals surface area (Å²) in [6.45, 7) is 2.47. The molecule has 0 unspecified atom stereocenters. The average Bonchev–Trinajstić information content (AvgIpc) is 2.55. The minimum absolute atomic E-state index is 0.0853. The minimum Gasteiger partial charge on any atom is -0.329 e. The molecule has 0 aromatic heterocycles. The van der Waals surface area contributed by atoms with Crippen LogP contribution in [0.5, 0.6) is 0 Å². The van der Waals surface area contributed by atoms with Crippen molar-refractivity contribution in [3.63, 3.8) is 0 Å². The zero-order valence-corrected chi connectivity index (χ0v) is 8.92. The van der Waals surface area contributed by atoms with Gasteiger partial charge in [0.1, 0.15) is 0 Å². The lowest BCUT2D eigenvalue weighted by Crippen LogP contribution is -2.44. The number of amides is 1. The van der Waals surface area contributed by atoms with Crippen LogP contribution < -0.4 is 5.32 Å². The summed E-state index contributed by atoms with van der Waals surface area (Å²) in [4.78, 5) is 14.0. The van der Waals surface area contributed by atoms with Gasteiger partial charge >= 0.3 is 0 Å². The van der Waals surface area contributed by atoms with Gasteiger partial charge in [0.05, 0.1) is 16.6 Å². The van der Waals surface area contributed by atoms with Crippen LogP contribution in [-0.4, -0.2) is 30.4 Å². The van der Waals surface area contributed by atoms with Gasteiger partial charge in [0.2, 0.25) is 0 Å². The van der Waals surface area contributed by atoms with Crippen LogP contribution in [0.1, 0.15) is 22.0 Å². The van der Waals surface area contributed by atoms with Gasteiger partial charge in [-0.15, -0.1) is 0 Å². The number of fused-ring (bicyclic) bond motifs is 3. The van der Waals surface area contributed by atoms with E-state index in [0.29, 0.717) is 10.6 Å². The first kappa shape index (κ1) is 9.19. The van der Waals surface area contributed by atoms with E-state index in [-0.39, 0.29) is 11.9 Å². The smallest absolute Gasteiger partial charge is 0.256 e. The highest BCUT2D eigenvalue weighted by atomic mass is 35.5. The predicted molar refractivity (Wildman–Crippen MR) is 58.1 cm³/mol. The number of benzene rings is 1. The number of halogens is 1. The molecule has 1 fully saturated rings. The van der Waals surface area contributed by atoms with Gasteiger partial charge in [-0.1, -0.05) is 23.7 Å². The zero-order valence-electron chi connectivity index (χ0n) is 8.16. The number of hydrogen-bond donors (Lipinski definition) is 1. The van der Waals surface area contributed by atoms with Gasteiger partial charge in [-0.05, 0) is 11.6 Å².